The van der Waals surface area contributed by atoms with Crippen molar-refractivity contribution in [2.45, 2.75) is 6.10 Å². The van der Waals surface area contributed by atoms with E-state index in [9.17, 15) is 9.59 Å². The lowest BCUT2D eigenvalue weighted by molar-refractivity contribution is -0.156. The first-order valence-corrected chi connectivity index (χ1v) is 7.12. The summed E-state index contributed by atoms with van der Waals surface area (Å²) in [6.45, 7) is -0.328. The number of fused-ring (bicyclic) bond motifs is 1. The Morgan fingerprint density at radius 3 is 2.52 bits per heavy atom. The number of carbonyl (C=O) groups excluding carboxylic acids is 2. The van der Waals surface area contributed by atoms with Crippen molar-refractivity contribution in [2.24, 2.45) is 0 Å². The van der Waals surface area contributed by atoms with E-state index >= 15 is 0 Å². The molecule has 1 heterocycles. The van der Waals surface area contributed by atoms with Gasteiger partial charge in [0.05, 0.1) is 0 Å². The van der Waals surface area contributed by atoms with Crippen LogP contribution in [0.25, 0.3) is 0 Å². The van der Waals surface area contributed by atoms with Gasteiger partial charge in [0.15, 0.2) is 18.1 Å². The van der Waals surface area contributed by atoms with E-state index in [-0.39, 0.29) is 13.2 Å². The van der Waals surface area contributed by atoms with Crippen molar-refractivity contribution in [3.63, 3.8) is 0 Å². The van der Waals surface area contributed by atoms with Crippen LogP contribution in [0.1, 0.15) is 0 Å². The van der Waals surface area contributed by atoms with Gasteiger partial charge >= 0.3 is 5.97 Å². The molecule has 1 unspecified atom stereocenters. The highest BCUT2D eigenvalue weighted by atomic mass is 16.6. The monoisotopic (exact) mass is 313 g/mol. The first kappa shape index (κ1) is 14.9. The van der Waals surface area contributed by atoms with Crippen LogP contribution in [0.2, 0.25) is 0 Å². The van der Waals surface area contributed by atoms with Crippen molar-refractivity contribution in [3.05, 3.63) is 54.6 Å². The molecular formula is C17H15NO5. The van der Waals surface area contributed by atoms with Crippen LogP contribution in [0.15, 0.2) is 54.6 Å². The van der Waals surface area contributed by atoms with Crippen molar-refractivity contribution in [3.8, 4) is 11.5 Å². The lowest BCUT2D eigenvalue weighted by atomic mass is 10.2. The summed E-state index contributed by atoms with van der Waals surface area (Å²) in [5.74, 6) is 0.0113. The van der Waals surface area contributed by atoms with Gasteiger partial charge in [-0.2, -0.15) is 0 Å². The molecule has 1 amide bonds. The van der Waals surface area contributed by atoms with E-state index < -0.39 is 18.0 Å². The number of hydrogen-bond acceptors (Lipinski definition) is 5. The van der Waals surface area contributed by atoms with Gasteiger partial charge in [-0.05, 0) is 24.3 Å². The predicted molar refractivity (Wildman–Crippen MR) is 82.4 cm³/mol. The van der Waals surface area contributed by atoms with E-state index in [1.165, 1.54) is 0 Å². The molecule has 1 N–H and O–H groups in total. The van der Waals surface area contributed by atoms with Gasteiger partial charge in [-0.3, -0.25) is 4.79 Å². The third kappa shape index (κ3) is 3.79. The van der Waals surface area contributed by atoms with Gasteiger partial charge in [0.25, 0.3) is 5.91 Å². The third-order valence-corrected chi connectivity index (χ3v) is 3.17. The molecule has 6 heteroatoms. The van der Waals surface area contributed by atoms with Crippen molar-refractivity contribution < 1.29 is 23.8 Å². The van der Waals surface area contributed by atoms with Crippen LogP contribution < -0.4 is 14.8 Å². The van der Waals surface area contributed by atoms with Gasteiger partial charge in [0.2, 0.25) is 6.10 Å². The average Bonchev–Trinajstić information content (AvgIpc) is 2.60. The Balaban J connectivity index is 1.49. The highest BCUT2D eigenvalue weighted by molar-refractivity contribution is 5.93. The summed E-state index contributed by atoms with van der Waals surface area (Å²) in [5, 5.41) is 2.63. The number of ether oxygens (including phenoxy) is 3. The predicted octanol–water partition coefficient (Wildman–Crippen LogP) is 2.01. The molecule has 0 aromatic heterocycles. The van der Waals surface area contributed by atoms with Gasteiger partial charge < -0.3 is 19.5 Å². The van der Waals surface area contributed by atoms with E-state index in [4.69, 9.17) is 14.2 Å². The molecule has 2 aromatic carbocycles. The largest absolute Gasteiger partial charge is 0.485 e. The van der Waals surface area contributed by atoms with Crippen molar-refractivity contribution in [2.75, 3.05) is 18.5 Å². The fraction of sp³-hybridized carbons (Fsp3) is 0.176. The summed E-state index contributed by atoms with van der Waals surface area (Å²) in [6.07, 6.45) is -0.880. The fourth-order valence-corrected chi connectivity index (χ4v) is 2.08. The molecule has 1 atom stereocenters. The maximum absolute atomic E-state index is 12.0. The smallest absolute Gasteiger partial charge is 0.351 e. The molecule has 6 nitrogen and oxygen atoms in total. The Morgan fingerprint density at radius 1 is 1.04 bits per heavy atom. The Kier molecular flexibility index (Phi) is 4.42. The number of esters is 1. The van der Waals surface area contributed by atoms with Crippen LogP contribution in [0.3, 0.4) is 0 Å². The highest BCUT2D eigenvalue weighted by Gasteiger charge is 2.29. The molecule has 3 rings (SSSR count). The SMILES string of the molecule is O=C(COC(=O)C1COc2ccccc2O1)Nc1ccccc1. The fourth-order valence-electron chi connectivity index (χ4n) is 2.08. The quantitative estimate of drug-likeness (QED) is 0.874. The molecular weight excluding hydrogens is 298 g/mol. The zero-order chi connectivity index (χ0) is 16.1. The average molecular weight is 313 g/mol. The van der Waals surface area contributed by atoms with Crippen LogP contribution in [-0.4, -0.2) is 31.2 Å². The second kappa shape index (κ2) is 6.83. The first-order chi connectivity index (χ1) is 11.2. The summed E-state index contributed by atoms with van der Waals surface area (Å²) in [6, 6.07) is 16.0. The zero-order valence-corrected chi connectivity index (χ0v) is 12.2. The minimum atomic E-state index is -0.880. The van der Waals surface area contributed by atoms with Crippen LogP contribution in [0.5, 0.6) is 11.5 Å². The zero-order valence-electron chi connectivity index (χ0n) is 12.2. The topological polar surface area (TPSA) is 73.9 Å². The van der Waals surface area contributed by atoms with Gasteiger partial charge in [-0.1, -0.05) is 30.3 Å². The molecule has 1 aliphatic rings. The number of para-hydroxylation sites is 3. The molecule has 0 saturated carbocycles. The number of nitrogens with one attached hydrogen (secondary N) is 1. The van der Waals surface area contributed by atoms with E-state index in [0.717, 1.165) is 0 Å². The van der Waals surface area contributed by atoms with Crippen LogP contribution in [0.4, 0.5) is 5.69 Å². The molecule has 0 bridgehead atoms. The highest BCUT2D eigenvalue weighted by Crippen LogP contribution is 2.31. The van der Waals surface area contributed by atoms with Gasteiger partial charge in [0, 0.05) is 5.69 Å². The van der Waals surface area contributed by atoms with Crippen LogP contribution in [-0.2, 0) is 14.3 Å². The summed E-state index contributed by atoms with van der Waals surface area (Å²) in [5.41, 5.74) is 0.639. The van der Waals surface area contributed by atoms with E-state index in [0.29, 0.717) is 17.2 Å². The molecule has 0 fully saturated rings. The van der Waals surface area contributed by atoms with Crippen molar-refractivity contribution in [1.82, 2.24) is 0 Å². The number of amides is 1. The van der Waals surface area contributed by atoms with Crippen LogP contribution >= 0.6 is 0 Å². The molecule has 0 aliphatic carbocycles. The molecule has 1 aliphatic heterocycles. The molecule has 0 radical (unpaired) electrons. The number of anilines is 1. The summed E-state index contributed by atoms with van der Waals surface area (Å²) < 4.78 is 15.9. The van der Waals surface area contributed by atoms with Gasteiger partial charge in [-0.15, -0.1) is 0 Å². The van der Waals surface area contributed by atoms with E-state index in [1.807, 2.05) is 12.1 Å². The van der Waals surface area contributed by atoms with Crippen molar-refractivity contribution in [1.29, 1.82) is 0 Å². The molecule has 23 heavy (non-hydrogen) atoms. The standard InChI is InChI=1S/C17H15NO5/c19-16(18-12-6-2-1-3-7-12)11-22-17(20)15-10-21-13-8-4-5-9-14(13)23-15/h1-9,15H,10-11H2,(H,18,19). The number of hydrogen-bond donors (Lipinski definition) is 1. The number of benzene rings is 2. The Labute approximate surface area is 133 Å². The second-order valence-electron chi connectivity index (χ2n) is 4.89. The first-order valence-electron chi connectivity index (χ1n) is 7.12. The Morgan fingerprint density at radius 2 is 1.74 bits per heavy atom. The minimum absolute atomic E-state index is 0.0517. The summed E-state index contributed by atoms with van der Waals surface area (Å²) in [7, 11) is 0. The van der Waals surface area contributed by atoms with Crippen LogP contribution in [0, 0.1) is 0 Å². The molecule has 118 valence electrons. The Hall–Kier alpha value is -3.02. The maximum Gasteiger partial charge on any atom is 0.351 e. The van der Waals surface area contributed by atoms with Crippen molar-refractivity contribution >= 4 is 17.6 Å². The third-order valence-electron chi connectivity index (χ3n) is 3.17. The van der Waals surface area contributed by atoms with E-state index in [2.05, 4.69) is 5.32 Å². The molecule has 0 saturated heterocycles. The summed E-state index contributed by atoms with van der Waals surface area (Å²) >= 11 is 0. The Bertz CT molecular complexity index is 701. The van der Waals surface area contributed by atoms with Gasteiger partial charge in [0.1, 0.15) is 6.61 Å². The lowest BCUT2D eigenvalue weighted by Gasteiger charge is -2.24. The maximum atomic E-state index is 12.0. The normalized spacial score (nSPS) is 15.6. The number of rotatable bonds is 4. The summed E-state index contributed by atoms with van der Waals surface area (Å²) in [4.78, 5) is 23.7. The minimum Gasteiger partial charge on any atom is -0.485 e. The molecule has 2 aromatic rings. The second-order valence-corrected chi connectivity index (χ2v) is 4.89. The van der Waals surface area contributed by atoms with E-state index in [1.54, 1.807) is 42.5 Å². The lowest BCUT2D eigenvalue weighted by Crippen LogP contribution is -2.39. The van der Waals surface area contributed by atoms with Gasteiger partial charge in [-0.25, -0.2) is 4.79 Å². The number of carbonyl (C=O) groups is 2. The molecule has 0 spiro atoms.